The van der Waals surface area contributed by atoms with E-state index in [1.807, 2.05) is 0 Å². The van der Waals surface area contributed by atoms with Crippen LogP contribution < -0.4 is 11.1 Å². The van der Waals surface area contributed by atoms with Crippen LogP contribution in [-0.2, 0) is 29.6 Å². The SMILES string of the molecule is C[C@@]1(c2cc(NC(=O)C3CCCO3)ccc2F)CS(=O)(=O)[C@]2(CCOC2)C(N)=N1. The molecule has 3 aliphatic heterocycles. The first kappa shape index (κ1) is 20.2. The number of nitrogens with zero attached hydrogens (tertiary/aromatic N) is 1. The van der Waals surface area contributed by atoms with Crippen LogP contribution in [0.15, 0.2) is 23.2 Å². The summed E-state index contributed by atoms with van der Waals surface area (Å²) in [5.41, 5.74) is 5.09. The molecule has 1 spiro atoms. The number of hydrogen-bond donors (Lipinski definition) is 2. The second-order valence-corrected chi connectivity index (χ2v) is 10.3. The lowest BCUT2D eigenvalue weighted by Crippen LogP contribution is -2.58. The molecule has 3 N–H and O–H groups in total. The molecule has 1 amide bonds. The van der Waals surface area contributed by atoms with Crippen LogP contribution in [0.25, 0.3) is 0 Å². The largest absolute Gasteiger partial charge is 0.386 e. The van der Waals surface area contributed by atoms with E-state index in [-0.39, 0.29) is 36.9 Å². The van der Waals surface area contributed by atoms with Gasteiger partial charge in [0, 0.05) is 24.5 Å². The number of carbonyl (C=O) groups excluding carboxylic acids is 1. The molecule has 0 saturated carbocycles. The van der Waals surface area contributed by atoms with E-state index in [1.165, 1.54) is 25.1 Å². The van der Waals surface area contributed by atoms with Gasteiger partial charge in [-0.3, -0.25) is 9.79 Å². The monoisotopic (exact) mass is 425 g/mol. The van der Waals surface area contributed by atoms with Crippen molar-refractivity contribution >= 4 is 27.3 Å². The Labute approximate surface area is 168 Å². The van der Waals surface area contributed by atoms with E-state index in [2.05, 4.69) is 10.3 Å². The molecule has 8 nitrogen and oxygen atoms in total. The first-order valence-corrected chi connectivity index (χ1v) is 11.2. The number of amidine groups is 1. The van der Waals surface area contributed by atoms with E-state index in [4.69, 9.17) is 15.2 Å². The van der Waals surface area contributed by atoms with Crippen LogP contribution in [0.4, 0.5) is 10.1 Å². The van der Waals surface area contributed by atoms with E-state index in [1.54, 1.807) is 0 Å². The first-order valence-electron chi connectivity index (χ1n) is 9.55. The van der Waals surface area contributed by atoms with Gasteiger partial charge in [0.15, 0.2) is 14.6 Å². The van der Waals surface area contributed by atoms with Gasteiger partial charge >= 0.3 is 0 Å². The minimum Gasteiger partial charge on any atom is -0.386 e. The molecule has 4 rings (SSSR count). The summed E-state index contributed by atoms with van der Waals surface area (Å²) in [6, 6.07) is 4.02. The van der Waals surface area contributed by atoms with Crippen molar-refractivity contribution in [3.05, 3.63) is 29.6 Å². The third-order valence-corrected chi connectivity index (χ3v) is 8.59. The average Bonchev–Trinajstić information content (AvgIpc) is 3.34. The molecule has 2 saturated heterocycles. The number of amides is 1. The Kier molecular flexibility index (Phi) is 4.91. The summed E-state index contributed by atoms with van der Waals surface area (Å²) in [6.07, 6.45) is 1.13. The summed E-state index contributed by atoms with van der Waals surface area (Å²) < 4.78 is 50.2. The number of rotatable bonds is 3. The molecule has 1 aromatic carbocycles. The Morgan fingerprint density at radius 2 is 2.17 bits per heavy atom. The fourth-order valence-electron chi connectivity index (χ4n) is 4.22. The fourth-order valence-corrected chi connectivity index (χ4v) is 6.48. The van der Waals surface area contributed by atoms with Crippen LogP contribution in [0.5, 0.6) is 0 Å². The summed E-state index contributed by atoms with van der Waals surface area (Å²) in [6.45, 7) is 2.30. The molecule has 10 heteroatoms. The van der Waals surface area contributed by atoms with Crippen molar-refractivity contribution in [1.29, 1.82) is 0 Å². The highest BCUT2D eigenvalue weighted by atomic mass is 32.2. The van der Waals surface area contributed by atoms with E-state index < -0.39 is 37.8 Å². The number of benzene rings is 1. The maximum atomic E-state index is 14.7. The van der Waals surface area contributed by atoms with Crippen LogP contribution in [0.1, 0.15) is 31.7 Å². The Morgan fingerprint density at radius 3 is 2.79 bits per heavy atom. The number of sulfone groups is 1. The molecule has 2 fully saturated rings. The van der Waals surface area contributed by atoms with Crippen LogP contribution in [-0.4, -0.2) is 56.6 Å². The molecule has 1 aromatic rings. The van der Waals surface area contributed by atoms with Crippen LogP contribution in [0.3, 0.4) is 0 Å². The predicted molar refractivity (Wildman–Crippen MR) is 105 cm³/mol. The van der Waals surface area contributed by atoms with Gasteiger partial charge in [-0.2, -0.15) is 0 Å². The van der Waals surface area contributed by atoms with E-state index in [9.17, 15) is 17.6 Å². The summed E-state index contributed by atoms with van der Waals surface area (Å²) >= 11 is 0. The summed E-state index contributed by atoms with van der Waals surface area (Å²) in [5, 5.41) is 2.71. The van der Waals surface area contributed by atoms with E-state index in [0.29, 0.717) is 18.7 Å². The number of nitrogens with two attached hydrogens (primary N) is 1. The number of ether oxygens (including phenoxy) is 2. The molecule has 29 heavy (non-hydrogen) atoms. The second kappa shape index (κ2) is 7.03. The Morgan fingerprint density at radius 1 is 1.38 bits per heavy atom. The minimum absolute atomic E-state index is 0.0410. The smallest absolute Gasteiger partial charge is 0.253 e. The Hall–Kier alpha value is -2.04. The van der Waals surface area contributed by atoms with Crippen molar-refractivity contribution in [3.8, 4) is 0 Å². The van der Waals surface area contributed by atoms with E-state index >= 15 is 0 Å². The predicted octanol–water partition coefficient (Wildman–Crippen LogP) is 1.10. The van der Waals surface area contributed by atoms with Crippen molar-refractivity contribution in [2.24, 2.45) is 10.7 Å². The topological polar surface area (TPSA) is 120 Å². The minimum atomic E-state index is -3.75. The average molecular weight is 425 g/mol. The lowest BCUT2D eigenvalue weighted by atomic mass is 9.92. The fraction of sp³-hybridized carbons (Fsp3) is 0.579. The van der Waals surface area contributed by atoms with Crippen molar-refractivity contribution in [2.45, 2.75) is 42.6 Å². The molecule has 0 aromatic heterocycles. The van der Waals surface area contributed by atoms with Gasteiger partial charge in [0.25, 0.3) is 5.91 Å². The second-order valence-electron chi connectivity index (χ2n) is 8.01. The quantitative estimate of drug-likeness (QED) is 0.748. The lowest BCUT2D eigenvalue weighted by Gasteiger charge is -2.39. The summed E-state index contributed by atoms with van der Waals surface area (Å²) in [4.78, 5) is 16.7. The highest BCUT2D eigenvalue weighted by Crippen LogP contribution is 2.41. The van der Waals surface area contributed by atoms with Gasteiger partial charge in [-0.25, -0.2) is 12.8 Å². The Bertz CT molecular complexity index is 968. The summed E-state index contributed by atoms with van der Waals surface area (Å²) in [7, 11) is -3.75. The van der Waals surface area contributed by atoms with Crippen LogP contribution >= 0.6 is 0 Å². The molecule has 3 heterocycles. The van der Waals surface area contributed by atoms with Crippen LogP contribution in [0.2, 0.25) is 0 Å². The first-order chi connectivity index (χ1) is 13.7. The van der Waals surface area contributed by atoms with Gasteiger partial charge in [0.2, 0.25) is 0 Å². The molecule has 0 radical (unpaired) electrons. The number of halogens is 1. The summed E-state index contributed by atoms with van der Waals surface area (Å²) in [5.74, 6) is -1.39. The number of carbonyl (C=O) groups is 1. The lowest BCUT2D eigenvalue weighted by molar-refractivity contribution is -0.124. The molecule has 1 unspecified atom stereocenters. The zero-order valence-corrected chi connectivity index (χ0v) is 16.9. The molecular formula is C19H24FN3O5S. The Balaban J connectivity index is 1.68. The van der Waals surface area contributed by atoms with Gasteiger partial charge in [0.05, 0.1) is 12.4 Å². The van der Waals surface area contributed by atoms with Gasteiger partial charge in [-0.05, 0) is 44.4 Å². The number of aliphatic imine (C=N–C) groups is 1. The number of anilines is 1. The molecule has 0 bridgehead atoms. The van der Waals surface area contributed by atoms with Crippen molar-refractivity contribution < 1.29 is 27.1 Å². The van der Waals surface area contributed by atoms with E-state index in [0.717, 1.165) is 6.42 Å². The molecule has 0 aliphatic carbocycles. The third kappa shape index (κ3) is 3.32. The third-order valence-electron chi connectivity index (χ3n) is 5.92. The van der Waals surface area contributed by atoms with Crippen LogP contribution in [0, 0.1) is 5.82 Å². The maximum Gasteiger partial charge on any atom is 0.253 e. The highest BCUT2D eigenvalue weighted by molar-refractivity contribution is 7.93. The van der Waals surface area contributed by atoms with Gasteiger partial charge in [-0.1, -0.05) is 0 Å². The number of nitrogens with one attached hydrogen (secondary N) is 1. The normalized spacial score (nSPS) is 33.6. The molecular weight excluding hydrogens is 401 g/mol. The highest BCUT2D eigenvalue weighted by Gasteiger charge is 2.57. The number of hydrogen-bond acceptors (Lipinski definition) is 7. The standard InChI is InChI=1S/C19H24FN3O5S/c1-18(11-29(25,26)19(17(21)23-18)6-8-27-10-19)13-9-12(4-5-14(13)20)22-16(24)15-3-2-7-28-15/h4-5,9,15H,2-3,6-8,10-11H2,1H3,(H2,21,23)(H,22,24)/t15?,18-,19-/m0/s1. The zero-order valence-electron chi connectivity index (χ0n) is 16.1. The molecule has 3 atom stereocenters. The molecule has 158 valence electrons. The van der Waals surface area contributed by atoms with Crippen molar-refractivity contribution in [1.82, 2.24) is 0 Å². The maximum absolute atomic E-state index is 14.7. The van der Waals surface area contributed by atoms with Crippen molar-refractivity contribution in [2.75, 3.05) is 30.9 Å². The van der Waals surface area contributed by atoms with Gasteiger partial charge < -0.3 is 20.5 Å². The molecule has 3 aliphatic rings. The van der Waals surface area contributed by atoms with Gasteiger partial charge in [-0.15, -0.1) is 0 Å². The van der Waals surface area contributed by atoms with Gasteiger partial charge in [0.1, 0.15) is 23.3 Å². The van der Waals surface area contributed by atoms with Crippen molar-refractivity contribution in [3.63, 3.8) is 0 Å². The zero-order chi connectivity index (χ0) is 20.9.